The molecule has 0 unspecified atom stereocenters. The molecule has 0 bridgehead atoms. The summed E-state index contributed by atoms with van der Waals surface area (Å²) in [5.41, 5.74) is 7.52. The second kappa shape index (κ2) is 8.22. The number of nitrogen functional groups attached to an aromatic ring is 1. The lowest BCUT2D eigenvalue weighted by Crippen LogP contribution is -2.38. The molecule has 3 heterocycles. The van der Waals surface area contributed by atoms with Crippen molar-refractivity contribution in [3.05, 3.63) is 65.9 Å². The van der Waals surface area contributed by atoms with Crippen LogP contribution in [0.5, 0.6) is 11.6 Å². The molecule has 8 heteroatoms. The first-order valence-corrected chi connectivity index (χ1v) is 9.54. The second-order valence-electron chi connectivity index (χ2n) is 6.98. The summed E-state index contributed by atoms with van der Waals surface area (Å²) in [7, 11) is 0. The third kappa shape index (κ3) is 4.31. The fourth-order valence-corrected chi connectivity index (χ4v) is 3.51. The van der Waals surface area contributed by atoms with Crippen molar-refractivity contribution in [3.63, 3.8) is 0 Å². The number of carbonyl (C=O) groups is 1. The van der Waals surface area contributed by atoms with E-state index >= 15 is 0 Å². The Bertz CT molecular complexity index is 983. The zero-order chi connectivity index (χ0) is 20.2. The summed E-state index contributed by atoms with van der Waals surface area (Å²) >= 11 is 0. The van der Waals surface area contributed by atoms with E-state index in [1.165, 1.54) is 0 Å². The van der Waals surface area contributed by atoms with E-state index in [1.807, 2.05) is 30.3 Å². The SMILES string of the molecule is Cc1cc(C(=O)N2CCC(c3nccnc3Oc3ccccc3)CC2)nc(N)n1. The van der Waals surface area contributed by atoms with Gasteiger partial charge in [-0.05, 0) is 38.0 Å². The summed E-state index contributed by atoms with van der Waals surface area (Å²) < 4.78 is 5.95. The van der Waals surface area contributed by atoms with Gasteiger partial charge in [0.1, 0.15) is 17.1 Å². The van der Waals surface area contributed by atoms with E-state index in [0.29, 0.717) is 30.4 Å². The average molecular weight is 390 g/mol. The van der Waals surface area contributed by atoms with Crippen LogP contribution in [0, 0.1) is 6.92 Å². The Morgan fingerprint density at radius 1 is 1.10 bits per heavy atom. The van der Waals surface area contributed by atoms with Crippen LogP contribution in [0.4, 0.5) is 5.95 Å². The maximum Gasteiger partial charge on any atom is 0.272 e. The molecule has 8 nitrogen and oxygen atoms in total. The maximum absolute atomic E-state index is 12.8. The number of benzene rings is 1. The van der Waals surface area contributed by atoms with Crippen molar-refractivity contribution in [2.24, 2.45) is 0 Å². The Morgan fingerprint density at radius 3 is 2.55 bits per heavy atom. The lowest BCUT2D eigenvalue weighted by atomic mass is 9.93. The molecule has 0 aliphatic carbocycles. The Morgan fingerprint density at radius 2 is 1.83 bits per heavy atom. The number of nitrogens with zero attached hydrogens (tertiary/aromatic N) is 5. The molecule has 2 N–H and O–H groups in total. The number of aryl methyl sites for hydroxylation is 1. The minimum Gasteiger partial charge on any atom is -0.437 e. The average Bonchev–Trinajstić information content (AvgIpc) is 2.74. The van der Waals surface area contributed by atoms with E-state index in [9.17, 15) is 4.79 Å². The molecular weight excluding hydrogens is 368 g/mol. The molecule has 1 aromatic carbocycles. The van der Waals surface area contributed by atoms with Crippen molar-refractivity contribution in [1.29, 1.82) is 0 Å². The van der Waals surface area contributed by atoms with Gasteiger partial charge in [0, 0.05) is 37.1 Å². The highest BCUT2D eigenvalue weighted by atomic mass is 16.5. The topological polar surface area (TPSA) is 107 Å². The van der Waals surface area contributed by atoms with Gasteiger partial charge in [-0.3, -0.25) is 9.78 Å². The summed E-state index contributed by atoms with van der Waals surface area (Å²) in [6, 6.07) is 11.2. The number of anilines is 1. The van der Waals surface area contributed by atoms with Crippen LogP contribution in [-0.4, -0.2) is 43.8 Å². The number of carbonyl (C=O) groups excluding carboxylic acids is 1. The van der Waals surface area contributed by atoms with Crippen LogP contribution in [0.1, 0.15) is 40.6 Å². The van der Waals surface area contributed by atoms with E-state index in [1.54, 1.807) is 30.3 Å². The van der Waals surface area contributed by atoms with Crippen molar-refractivity contribution in [2.75, 3.05) is 18.8 Å². The van der Waals surface area contributed by atoms with Gasteiger partial charge in [0.2, 0.25) is 11.8 Å². The molecule has 0 atom stereocenters. The highest BCUT2D eigenvalue weighted by Crippen LogP contribution is 2.33. The smallest absolute Gasteiger partial charge is 0.272 e. The Hall–Kier alpha value is -3.55. The van der Waals surface area contributed by atoms with E-state index in [2.05, 4.69) is 19.9 Å². The first-order chi connectivity index (χ1) is 14.1. The van der Waals surface area contributed by atoms with Crippen molar-refractivity contribution in [1.82, 2.24) is 24.8 Å². The Balaban J connectivity index is 1.45. The van der Waals surface area contributed by atoms with Gasteiger partial charge in [0.15, 0.2) is 0 Å². The van der Waals surface area contributed by atoms with Gasteiger partial charge in [-0.15, -0.1) is 0 Å². The number of hydrogen-bond acceptors (Lipinski definition) is 7. The van der Waals surface area contributed by atoms with Crippen LogP contribution in [0.2, 0.25) is 0 Å². The number of piperidine rings is 1. The third-order valence-electron chi connectivity index (χ3n) is 4.91. The molecule has 1 amide bonds. The van der Waals surface area contributed by atoms with Gasteiger partial charge >= 0.3 is 0 Å². The number of amides is 1. The Kier molecular flexibility index (Phi) is 5.33. The molecule has 29 heavy (non-hydrogen) atoms. The maximum atomic E-state index is 12.8. The van der Waals surface area contributed by atoms with E-state index in [4.69, 9.17) is 10.5 Å². The molecule has 1 saturated heterocycles. The number of nitrogens with two attached hydrogens (primary N) is 1. The van der Waals surface area contributed by atoms with Crippen LogP contribution in [0.3, 0.4) is 0 Å². The van der Waals surface area contributed by atoms with Crippen LogP contribution >= 0.6 is 0 Å². The normalized spacial score (nSPS) is 14.6. The van der Waals surface area contributed by atoms with Crippen molar-refractivity contribution in [3.8, 4) is 11.6 Å². The van der Waals surface area contributed by atoms with E-state index in [0.717, 1.165) is 24.3 Å². The quantitative estimate of drug-likeness (QED) is 0.730. The second-order valence-corrected chi connectivity index (χ2v) is 6.98. The van der Waals surface area contributed by atoms with Crippen molar-refractivity contribution < 1.29 is 9.53 Å². The molecule has 1 aliphatic heterocycles. The number of hydrogen-bond donors (Lipinski definition) is 1. The predicted molar refractivity (Wildman–Crippen MR) is 108 cm³/mol. The van der Waals surface area contributed by atoms with Gasteiger partial charge in [-0.25, -0.2) is 15.0 Å². The fraction of sp³-hybridized carbons (Fsp3) is 0.286. The molecule has 3 aromatic rings. The van der Waals surface area contributed by atoms with Crippen molar-refractivity contribution >= 4 is 11.9 Å². The van der Waals surface area contributed by atoms with Crippen molar-refractivity contribution in [2.45, 2.75) is 25.7 Å². The van der Waals surface area contributed by atoms with Crippen LogP contribution in [-0.2, 0) is 0 Å². The first-order valence-electron chi connectivity index (χ1n) is 9.54. The molecule has 0 radical (unpaired) electrons. The minimum absolute atomic E-state index is 0.116. The number of para-hydroxylation sites is 1. The molecule has 0 saturated carbocycles. The van der Waals surface area contributed by atoms with Gasteiger partial charge < -0.3 is 15.4 Å². The summed E-state index contributed by atoms with van der Waals surface area (Å²) in [5, 5.41) is 0. The van der Waals surface area contributed by atoms with Gasteiger partial charge in [-0.2, -0.15) is 0 Å². The molecule has 4 rings (SSSR count). The zero-order valence-corrected chi connectivity index (χ0v) is 16.2. The van der Waals surface area contributed by atoms with Crippen LogP contribution in [0.15, 0.2) is 48.8 Å². The number of likely N-dealkylation sites (tertiary alicyclic amines) is 1. The van der Waals surface area contributed by atoms with Crippen LogP contribution < -0.4 is 10.5 Å². The summed E-state index contributed by atoms with van der Waals surface area (Å²) in [6.07, 6.45) is 4.85. The molecule has 0 spiro atoms. The number of rotatable bonds is 4. The fourth-order valence-electron chi connectivity index (χ4n) is 3.51. The summed E-state index contributed by atoms with van der Waals surface area (Å²) in [5.74, 6) is 1.40. The predicted octanol–water partition coefficient (Wildman–Crippen LogP) is 2.97. The molecule has 2 aromatic heterocycles. The highest BCUT2D eigenvalue weighted by Gasteiger charge is 2.28. The zero-order valence-electron chi connectivity index (χ0n) is 16.2. The summed E-state index contributed by atoms with van der Waals surface area (Å²) in [6.45, 7) is 3.00. The highest BCUT2D eigenvalue weighted by molar-refractivity contribution is 5.92. The molecular formula is C21H22N6O2. The number of ether oxygens (including phenoxy) is 1. The van der Waals surface area contributed by atoms with Gasteiger partial charge in [0.05, 0.1) is 0 Å². The van der Waals surface area contributed by atoms with Crippen LogP contribution in [0.25, 0.3) is 0 Å². The molecule has 1 fully saturated rings. The lowest BCUT2D eigenvalue weighted by Gasteiger charge is -2.31. The van der Waals surface area contributed by atoms with Gasteiger partial charge in [-0.1, -0.05) is 18.2 Å². The largest absolute Gasteiger partial charge is 0.437 e. The first kappa shape index (κ1) is 18.8. The number of aromatic nitrogens is 4. The summed E-state index contributed by atoms with van der Waals surface area (Å²) in [4.78, 5) is 31.6. The lowest BCUT2D eigenvalue weighted by molar-refractivity contribution is 0.0705. The standard InChI is InChI=1S/C21H22N6O2/c1-14-13-17(26-21(22)25-14)20(28)27-11-7-15(8-12-27)18-19(24-10-9-23-18)29-16-5-3-2-4-6-16/h2-6,9-10,13,15H,7-8,11-12H2,1H3,(H2,22,25,26). The molecule has 148 valence electrons. The third-order valence-corrected chi connectivity index (χ3v) is 4.91. The molecule has 1 aliphatic rings. The monoisotopic (exact) mass is 390 g/mol. The van der Waals surface area contributed by atoms with E-state index in [-0.39, 0.29) is 17.8 Å². The Labute approximate surface area is 168 Å². The van der Waals surface area contributed by atoms with E-state index < -0.39 is 0 Å². The minimum atomic E-state index is -0.124. The van der Waals surface area contributed by atoms with Gasteiger partial charge in [0.25, 0.3) is 5.91 Å².